The third kappa shape index (κ3) is 4.47. The van der Waals surface area contributed by atoms with Gasteiger partial charge in [-0.15, -0.1) is 0 Å². The minimum Gasteiger partial charge on any atom is -0.337 e. The number of aryl methyl sites for hydroxylation is 1. The monoisotopic (exact) mass is 410 g/mol. The van der Waals surface area contributed by atoms with E-state index in [0.717, 1.165) is 45.2 Å². The highest BCUT2D eigenvalue weighted by Crippen LogP contribution is 2.26. The molecule has 3 aliphatic rings. The van der Waals surface area contributed by atoms with Gasteiger partial charge in [-0.05, 0) is 37.7 Å². The summed E-state index contributed by atoms with van der Waals surface area (Å²) >= 11 is 0. The van der Waals surface area contributed by atoms with E-state index in [-0.39, 0.29) is 24.5 Å². The number of nitrogens with one attached hydrogen (secondary N) is 1. The van der Waals surface area contributed by atoms with Gasteiger partial charge in [-0.2, -0.15) is 0 Å². The van der Waals surface area contributed by atoms with Crippen molar-refractivity contribution in [2.75, 3.05) is 26.2 Å². The molecule has 2 aliphatic heterocycles. The van der Waals surface area contributed by atoms with Gasteiger partial charge in [0.05, 0.1) is 12.4 Å². The zero-order valence-electron chi connectivity index (χ0n) is 17.6. The van der Waals surface area contributed by atoms with E-state index in [1.54, 1.807) is 12.5 Å². The van der Waals surface area contributed by atoms with Crippen LogP contribution in [0.15, 0.2) is 47.0 Å². The van der Waals surface area contributed by atoms with Crippen LogP contribution in [0.2, 0.25) is 0 Å². The summed E-state index contributed by atoms with van der Waals surface area (Å²) in [7, 11) is 0. The lowest BCUT2D eigenvalue weighted by atomic mass is 9.92. The van der Waals surface area contributed by atoms with Gasteiger partial charge in [0.25, 0.3) is 0 Å². The zero-order chi connectivity index (χ0) is 20.9. The first-order valence-corrected chi connectivity index (χ1v) is 10.9. The van der Waals surface area contributed by atoms with E-state index in [0.29, 0.717) is 18.9 Å². The van der Waals surface area contributed by atoms with E-state index in [1.165, 1.54) is 11.1 Å². The summed E-state index contributed by atoms with van der Waals surface area (Å²) in [6.45, 7) is 5.03. The number of imidazole rings is 1. The first-order valence-electron chi connectivity index (χ1n) is 10.9. The molecule has 1 aromatic rings. The van der Waals surface area contributed by atoms with Gasteiger partial charge in [-0.1, -0.05) is 24.6 Å². The third-order valence-electron chi connectivity index (χ3n) is 6.12. The molecule has 4 rings (SSSR count). The lowest BCUT2D eigenvalue weighted by molar-refractivity contribution is -0.129. The van der Waals surface area contributed by atoms with Crippen LogP contribution in [-0.2, 0) is 11.3 Å². The number of rotatable bonds is 7. The number of hydrogen-bond acceptors (Lipinski definition) is 4. The van der Waals surface area contributed by atoms with Crippen molar-refractivity contribution in [3.8, 4) is 0 Å². The highest BCUT2D eigenvalue weighted by atomic mass is 16.2. The summed E-state index contributed by atoms with van der Waals surface area (Å²) in [5.41, 5.74) is 2.78. The van der Waals surface area contributed by atoms with Gasteiger partial charge >= 0.3 is 6.03 Å². The van der Waals surface area contributed by atoms with Crippen LogP contribution in [0, 0.1) is 0 Å². The summed E-state index contributed by atoms with van der Waals surface area (Å²) in [6, 6.07) is -0.219. The topological polar surface area (TPSA) is 82.8 Å². The first kappa shape index (κ1) is 20.4. The van der Waals surface area contributed by atoms with Crippen molar-refractivity contribution >= 4 is 17.8 Å². The molecule has 8 heteroatoms. The fraction of sp³-hybridized carbons (Fsp3) is 0.545. The van der Waals surface area contributed by atoms with Crippen LogP contribution in [0.3, 0.4) is 0 Å². The summed E-state index contributed by atoms with van der Waals surface area (Å²) in [5, 5.41) is 2.88. The number of nitrogens with zero attached hydrogens (tertiary/aromatic N) is 5. The van der Waals surface area contributed by atoms with Crippen LogP contribution in [0.4, 0.5) is 4.79 Å². The number of aromatic nitrogens is 2. The number of carbonyl (C=O) groups is 2. The average molecular weight is 411 g/mol. The molecule has 1 fully saturated rings. The molecule has 1 atom stereocenters. The molecule has 160 valence electrons. The van der Waals surface area contributed by atoms with Gasteiger partial charge in [0.15, 0.2) is 0 Å². The van der Waals surface area contributed by atoms with E-state index in [2.05, 4.69) is 27.4 Å². The predicted molar refractivity (Wildman–Crippen MR) is 115 cm³/mol. The fourth-order valence-corrected chi connectivity index (χ4v) is 4.44. The average Bonchev–Trinajstić information content (AvgIpc) is 3.39. The van der Waals surface area contributed by atoms with Crippen molar-refractivity contribution in [1.29, 1.82) is 0 Å². The van der Waals surface area contributed by atoms with Crippen LogP contribution >= 0.6 is 0 Å². The van der Waals surface area contributed by atoms with Gasteiger partial charge in [-0.25, -0.2) is 9.78 Å². The molecular formula is C22H30N6O2. The number of amides is 3. The van der Waals surface area contributed by atoms with E-state index in [4.69, 9.17) is 0 Å². The van der Waals surface area contributed by atoms with Crippen LogP contribution < -0.4 is 5.32 Å². The number of amidine groups is 1. The van der Waals surface area contributed by atoms with E-state index in [9.17, 15) is 9.59 Å². The maximum Gasteiger partial charge on any atom is 0.323 e. The van der Waals surface area contributed by atoms with Crippen LogP contribution in [0.5, 0.6) is 0 Å². The summed E-state index contributed by atoms with van der Waals surface area (Å²) in [6.07, 6.45) is 14.6. The van der Waals surface area contributed by atoms with Gasteiger partial charge in [0.1, 0.15) is 12.4 Å². The maximum atomic E-state index is 12.7. The lowest BCUT2D eigenvalue weighted by Gasteiger charge is -2.31. The molecule has 8 nitrogen and oxygen atoms in total. The second kappa shape index (κ2) is 9.28. The molecule has 0 radical (unpaired) electrons. The Morgan fingerprint density at radius 2 is 2.23 bits per heavy atom. The quantitative estimate of drug-likeness (QED) is 0.749. The minimum absolute atomic E-state index is 0.0238. The molecule has 0 aromatic carbocycles. The Morgan fingerprint density at radius 1 is 1.33 bits per heavy atom. The number of urea groups is 1. The SMILES string of the molecule is CCC1C(=NCC(=O)N2CCC3=C(C=CCC3)C2)NC(=O)N1CCCn1ccnc1. The molecule has 1 saturated heterocycles. The largest absolute Gasteiger partial charge is 0.337 e. The molecule has 1 N–H and O–H groups in total. The minimum atomic E-state index is -0.126. The summed E-state index contributed by atoms with van der Waals surface area (Å²) in [4.78, 5) is 37.5. The van der Waals surface area contributed by atoms with Gasteiger partial charge in [0, 0.05) is 38.6 Å². The summed E-state index contributed by atoms with van der Waals surface area (Å²) in [5.74, 6) is 0.642. The Hall–Kier alpha value is -2.90. The van der Waals surface area contributed by atoms with Crippen LogP contribution in [0.1, 0.15) is 39.0 Å². The second-order valence-corrected chi connectivity index (χ2v) is 8.04. The smallest absolute Gasteiger partial charge is 0.323 e. The maximum absolute atomic E-state index is 12.7. The molecule has 1 aromatic heterocycles. The highest BCUT2D eigenvalue weighted by Gasteiger charge is 2.35. The molecular weight excluding hydrogens is 380 g/mol. The second-order valence-electron chi connectivity index (χ2n) is 8.04. The van der Waals surface area contributed by atoms with E-state index in [1.807, 2.05) is 27.5 Å². The number of aliphatic imine (C=N–C) groups is 1. The van der Waals surface area contributed by atoms with Gasteiger partial charge in [-0.3, -0.25) is 15.1 Å². The molecule has 0 bridgehead atoms. The predicted octanol–water partition coefficient (Wildman–Crippen LogP) is 2.35. The fourth-order valence-electron chi connectivity index (χ4n) is 4.44. The van der Waals surface area contributed by atoms with Gasteiger partial charge in [0.2, 0.25) is 5.91 Å². The van der Waals surface area contributed by atoms with Crippen LogP contribution in [-0.4, -0.2) is 69.3 Å². The normalized spacial score (nSPS) is 22.6. The molecule has 3 amide bonds. The van der Waals surface area contributed by atoms with Crippen molar-refractivity contribution in [3.05, 3.63) is 42.0 Å². The molecule has 1 unspecified atom stereocenters. The Balaban J connectivity index is 1.32. The number of allylic oxidation sites excluding steroid dienone is 1. The van der Waals surface area contributed by atoms with Crippen molar-refractivity contribution in [2.24, 2.45) is 4.99 Å². The van der Waals surface area contributed by atoms with E-state index < -0.39 is 0 Å². The summed E-state index contributed by atoms with van der Waals surface area (Å²) < 4.78 is 2.00. The van der Waals surface area contributed by atoms with Crippen LogP contribution in [0.25, 0.3) is 0 Å². The zero-order valence-corrected chi connectivity index (χ0v) is 17.6. The number of carbonyl (C=O) groups excluding carboxylic acids is 2. The molecule has 1 aliphatic carbocycles. The Kier molecular flexibility index (Phi) is 6.30. The van der Waals surface area contributed by atoms with Crippen molar-refractivity contribution in [1.82, 2.24) is 24.7 Å². The molecule has 3 heterocycles. The highest BCUT2D eigenvalue weighted by molar-refractivity contribution is 6.07. The Bertz CT molecular complexity index is 870. The van der Waals surface area contributed by atoms with Gasteiger partial charge < -0.3 is 14.4 Å². The Morgan fingerprint density at radius 3 is 3.03 bits per heavy atom. The molecule has 0 spiro atoms. The molecule has 30 heavy (non-hydrogen) atoms. The van der Waals surface area contributed by atoms with Crippen molar-refractivity contribution in [2.45, 2.75) is 51.6 Å². The number of hydrogen-bond donors (Lipinski definition) is 1. The van der Waals surface area contributed by atoms with Crippen molar-refractivity contribution in [3.63, 3.8) is 0 Å². The lowest BCUT2D eigenvalue weighted by Crippen LogP contribution is -2.39. The van der Waals surface area contributed by atoms with E-state index >= 15 is 0 Å². The molecule has 0 saturated carbocycles. The standard InChI is InChI=1S/C22H30N6O2/c1-2-19-21(25-22(30)28(19)11-5-10-26-13-9-23-16-26)24-14-20(29)27-12-8-17-6-3-4-7-18(17)15-27/h4,7,9,13,16,19H,2-3,5-6,8,10-12,14-15H2,1H3,(H,24,25,30). The Labute approximate surface area is 177 Å². The first-order chi connectivity index (χ1) is 14.7. The third-order valence-corrected chi connectivity index (χ3v) is 6.12. The van der Waals surface area contributed by atoms with Crippen molar-refractivity contribution < 1.29 is 9.59 Å².